The third kappa shape index (κ3) is 3.77. The van der Waals surface area contributed by atoms with Gasteiger partial charge in [-0.15, -0.1) is 0 Å². The summed E-state index contributed by atoms with van der Waals surface area (Å²) in [6.45, 7) is 0.251. The molecule has 26 heavy (non-hydrogen) atoms. The molecule has 2 aromatic rings. The van der Waals surface area contributed by atoms with Crippen molar-refractivity contribution in [3.8, 4) is 11.8 Å². The SMILES string of the molecule is CN1C(=O)/C(=C/c2cc(Br)ccc2OCc2ccccc2C#N)NC1=S. The Hall–Kier alpha value is -2.69. The van der Waals surface area contributed by atoms with Crippen molar-refractivity contribution in [1.82, 2.24) is 10.2 Å². The fraction of sp³-hybridized carbons (Fsp3) is 0.105. The number of carbonyl (C=O) groups is 1. The zero-order valence-electron chi connectivity index (χ0n) is 13.8. The van der Waals surface area contributed by atoms with Gasteiger partial charge >= 0.3 is 0 Å². The van der Waals surface area contributed by atoms with Gasteiger partial charge in [-0.25, -0.2) is 0 Å². The van der Waals surface area contributed by atoms with E-state index in [1.165, 1.54) is 4.90 Å². The third-order valence-electron chi connectivity index (χ3n) is 3.87. The molecule has 1 saturated heterocycles. The minimum atomic E-state index is -0.198. The molecule has 0 atom stereocenters. The van der Waals surface area contributed by atoms with E-state index in [0.29, 0.717) is 22.1 Å². The van der Waals surface area contributed by atoms with E-state index in [2.05, 4.69) is 27.3 Å². The second-order valence-corrected chi connectivity index (χ2v) is 6.89. The molecule has 7 heteroatoms. The molecule has 130 valence electrons. The number of likely N-dealkylation sites (N-methyl/N-ethyl adjacent to an activating group) is 1. The first kappa shape index (κ1) is 18.1. The normalized spacial score (nSPS) is 15.1. The van der Waals surface area contributed by atoms with E-state index in [-0.39, 0.29) is 12.5 Å². The first-order valence-corrected chi connectivity index (χ1v) is 8.91. The molecule has 0 aliphatic carbocycles. The number of rotatable bonds is 4. The summed E-state index contributed by atoms with van der Waals surface area (Å²) < 4.78 is 6.77. The van der Waals surface area contributed by atoms with Gasteiger partial charge in [0.05, 0.1) is 11.6 Å². The van der Waals surface area contributed by atoms with Crippen molar-refractivity contribution >= 4 is 45.2 Å². The van der Waals surface area contributed by atoms with Crippen LogP contribution in [0.5, 0.6) is 5.75 Å². The number of halogens is 1. The monoisotopic (exact) mass is 427 g/mol. The molecule has 0 bridgehead atoms. The van der Waals surface area contributed by atoms with Crippen LogP contribution in [0.25, 0.3) is 6.08 Å². The van der Waals surface area contributed by atoms with Crippen LogP contribution in [-0.2, 0) is 11.4 Å². The average molecular weight is 428 g/mol. The molecule has 3 rings (SSSR count). The molecule has 1 amide bonds. The number of benzene rings is 2. The van der Waals surface area contributed by atoms with E-state index in [1.807, 2.05) is 36.4 Å². The minimum absolute atomic E-state index is 0.198. The van der Waals surface area contributed by atoms with E-state index in [9.17, 15) is 10.1 Å². The Labute approximate surface area is 165 Å². The molecule has 5 nitrogen and oxygen atoms in total. The van der Waals surface area contributed by atoms with Gasteiger partial charge in [-0.05, 0) is 42.6 Å². The highest BCUT2D eigenvalue weighted by Crippen LogP contribution is 2.27. The Morgan fingerprint density at radius 3 is 2.81 bits per heavy atom. The van der Waals surface area contributed by atoms with Crippen molar-refractivity contribution in [2.45, 2.75) is 6.61 Å². The standard InChI is InChI=1S/C19H14BrN3O2S/c1-23-18(24)16(22-19(23)26)9-14-8-15(20)6-7-17(14)25-11-13-5-3-2-4-12(13)10-21/h2-9H,11H2,1H3,(H,22,26)/b16-9-. The molecule has 0 unspecified atom stereocenters. The van der Waals surface area contributed by atoms with Crippen molar-refractivity contribution in [2.24, 2.45) is 0 Å². The molecule has 0 saturated carbocycles. The molecule has 1 aliphatic heterocycles. The fourth-order valence-electron chi connectivity index (χ4n) is 2.45. The number of ether oxygens (including phenoxy) is 1. The van der Waals surface area contributed by atoms with Crippen LogP contribution in [0.15, 0.2) is 52.6 Å². The number of thiocarbonyl (C=S) groups is 1. The lowest BCUT2D eigenvalue weighted by Crippen LogP contribution is -2.25. The number of amides is 1. The van der Waals surface area contributed by atoms with E-state index >= 15 is 0 Å². The zero-order chi connectivity index (χ0) is 18.7. The molecular weight excluding hydrogens is 414 g/mol. The van der Waals surface area contributed by atoms with Gasteiger partial charge in [0.25, 0.3) is 5.91 Å². The summed E-state index contributed by atoms with van der Waals surface area (Å²) in [4.78, 5) is 13.6. The number of carbonyl (C=O) groups excluding carboxylic acids is 1. The van der Waals surface area contributed by atoms with Gasteiger partial charge < -0.3 is 10.1 Å². The Morgan fingerprint density at radius 2 is 2.12 bits per heavy atom. The lowest BCUT2D eigenvalue weighted by Gasteiger charge is -2.11. The van der Waals surface area contributed by atoms with E-state index in [0.717, 1.165) is 15.6 Å². The van der Waals surface area contributed by atoms with Crippen LogP contribution >= 0.6 is 28.1 Å². The molecule has 1 aliphatic rings. The predicted molar refractivity (Wildman–Crippen MR) is 106 cm³/mol. The van der Waals surface area contributed by atoms with Crippen molar-refractivity contribution in [3.05, 3.63) is 69.3 Å². The van der Waals surface area contributed by atoms with Crippen LogP contribution < -0.4 is 10.1 Å². The van der Waals surface area contributed by atoms with Crippen LogP contribution in [0, 0.1) is 11.3 Å². The molecule has 2 aromatic carbocycles. The van der Waals surface area contributed by atoms with Gasteiger partial charge in [0.15, 0.2) is 5.11 Å². The number of hydrogen-bond donors (Lipinski definition) is 1. The molecule has 1 N–H and O–H groups in total. The van der Waals surface area contributed by atoms with Gasteiger partial charge in [-0.3, -0.25) is 9.69 Å². The summed E-state index contributed by atoms with van der Waals surface area (Å²) in [6, 6.07) is 15.0. The first-order valence-electron chi connectivity index (χ1n) is 7.70. The highest BCUT2D eigenvalue weighted by Gasteiger charge is 2.27. The molecule has 0 aromatic heterocycles. The smallest absolute Gasteiger partial charge is 0.276 e. The van der Waals surface area contributed by atoms with Crippen molar-refractivity contribution < 1.29 is 9.53 Å². The Kier molecular flexibility index (Phi) is 5.35. The van der Waals surface area contributed by atoms with Gasteiger partial charge in [0.1, 0.15) is 18.1 Å². The van der Waals surface area contributed by atoms with E-state index in [4.69, 9.17) is 17.0 Å². The van der Waals surface area contributed by atoms with Gasteiger partial charge in [-0.2, -0.15) is 5.26 Å². The lowest BCUT2D eigenvalue weighted by molar-refractivity contribution is -0.121. The number of nitrogens with zero attached hydrogens (tertiary/aromatic N) is 2. The predicted octanol–water partition coefficient (Wildman–Crippen LogP) is 3.59. The molecule has 1 fully saturated rings. The van der Waals surface area contributed by atoms with Crippen LogP contribution in [0.3, 0.4) is 0 Å². The van der Waals surface area contributed by atoms with Gasteiger partial charge in [0.2, 0.25) is 0 Å². The summed E-state index contributed by atoms with van der Waals surface area (Å²) in [5.74, 6) is 0.402. The van der Waals surface area contributed by atoms with Crippen LogP contribution in [-0.4, -0.2) is 23.0 Å². The maximum Gasteiger partial charge on any atom is 0.276 e. The van der Waals surface area contributed by atoms with Crippen molar-refractivity contribution in [3.63, 3.8) is 0 Å². The summed E-state index contributed by atoms with van der Waals surface area (Å²) >= 11 is 8.53. The first-order chi connectivity index (χ1) is 12.5. The van der Waals surface area contributed by atoms with Crippen LogP contribution in [0.1, 0.15) is 16.7 Å². The number of nitriles is 1. The molecule has 1 heterocycles. The second-order valence-electron chi connectivity index (χ2n) is 5.59. The number of hydrogen-bond acceptors (Lipinski definition) is 4. The van der Waals surface area contributed by atoms with E-state index < -0.39 is 0 Å². The average Bonchev–Trinajstić information content (AvgIpc) is 2.88. The highest BCUT2D eigenvalue weighted by molar-refractivity contribution is 9.10. The Morgan fingerprint density at radius 1 is 1.35 bits per heavy atom. The molecular formula is C19H14BrN3O2S. The summed E-state index contributed by atoms with van der Waals surface area (Å²) in [5.41, 5.74) is 2.48. The van der Waals surface area contributed by atoms with Gasteiger partial charge in [0, 0.05) is 22.6 Å². The van der Waals surface area contributed by atoms with Gasteiger partial charge in [-0.1, -0.05) is 34.1 Å². The van der Waals surface area contributed by atoms with Crippen LogP contribution in [0.2, 0.25) is 0 Å². The minimum Gasteiger partial charge on any atom is -0.488 e. The second kappa shape index (κ2) is 7.68. The summed E-state index contributed by atoms with van der Waals surface area (Å²) in [5, 5.41) is 12.4. The maximum atomic E-state index is 12.2. The lowest BCUT2D eigenvalue weighted by atomic mass is 10.1. The Bertz CT molecular complexity index is 965. The summed E-state index contributed by atoms with van der Waals surface area (Å²) in [6.07, 6.45) is 1.70. The number of nitrogens with one attached hydrogen (secondary N) is 1. The van der Waals surface area contributed by atoms with Crippen molar-refractivity contribution in [2.75, 3.05) is 7.05 Å². The largest absolute Gasteiger partial charge is 0.488 e. The van der Waals surface area contributed by atoms with E-state index in [1.54, 1.807) is 19.2 Å². The Balaban J connectivity index is 1.89. The summed E-state index contributed by atoms with van der Waals surface area (Å²) in [7, 11) is 1.62. The molecule has 0 radical (unpaired) electrons. The topological polar surface area (TPSA) is 65.4 Å². The molecule has 0 spiro atoms. The van der Waals surface area contributed by atoms with Crippen molar-refractivity contribution in [1.29, 1.82) is 5.26 Å². The highest BCUT2D eigenvalue weighted by atomic mass is 79.9. The third-order valence-corrected chi connectivity index (χ3v) is 4.74. The zero-order valence-corrected chi connectivity index (χ0v) is 16.2. The van der Waals surface area contributed by atoms with Crippen LogP contribution in [0.4, 0.5) is 0 Å². The fourth-order valence-corrected chi connectivity index (χ4v) is 3.02. The maximum absolute atomic E-state index is 12.2. The quantitative estimate of drug-likeness (QED) is 0.596.